The molecule has 0 spiro atoms. The summed E-state index contributed by atoms with van der Waals surface area (Å²) in [6, 6.07) is 10.9. The van der Waals surface area contributed by atoms with Gasteiger partial charge in [0.15, 0.2) is 0 Å². The SMILES string of the molecule is CC(C)(C)CC1NC(C(=O)NCc2ccc(C(=O)O)c(F)c2)C(c2cccc(Cl)c2F)C1(C)c1ccc(Cl)cc1F. The van der Waals surface area contributed by atoms with Crippen LogP contribution in [0.3, 0.4) is 0 Å². The van der Waals surface area contributed by atoms with E-state index in [2.05, 4.69) is 10.6 Å². The molecule has 41 heavy (non-hydrogen) atoms. The topological polar surface area (TPSA) is 78.4 Å². The molecule has 0 radical (unpaired) electrons. The van der Waals surface area contributed by atoms with Gasteiger partial charge in [-0.1, -0.05) is 75.2 Å². The normalized spacial score (nSPS) is 22.5. The average Bonchev–Trinajstić information content (AvgIpc) is 3.15. The molecule has 0 bridgehead atoms. The summed E-state index contributed by atoms with van der Waals surface area (Å²) >= 11 is 12.3. The Kier molecular flexibility index (Phi) is 8.79. The summed E-state index contributed by atoms with van der Waals surface area (Å²) in [4.78, 5) is 24.9. The zero-order valence-electron chi connectivity index (χ0n) is 23.0. The van der Waals surface area contributed by atoms with Gasteiger partial charge in [0.2, 0.25) is 5.91 Å². The highest BCUT2D eigenvalue weighted by atomic mass is 35.5. The summed E-state index contributed by atoms with van der Waals surface area (Å²) in [5.74, 6) is -5.05. The van der Waals surface area contributed by atoms with E-state index in [1.807, 2.05) is 20.8 Å². The zero-order valence-corrected chi connectivity index (χ0v) is 24.5. The summed E-state index contributed by atoms with van der Waals surface area (Å²) in [5, 5.41) is 15.3. The predicted molar refractivity (Wildman–Crippen MR) is 153 cm³/mol. The maximum Gasteiger partial charge on any atom is 0.338 e. The van der Waals surface area contributed by atoms with Crippen LogP contribution in [0.2, 0.25) is 10.0 Å². The van der Waals surface area contributed by atoms with E-state index in [1.54, 1.807) is 31.2 Å². The molecule has 10 heteroatoms. The second kappa shape index (κ2) is 11.7. The Bertz CT molecular complexity index is 1490. The molecule has 1 fully saturated rings. The first-order valence-electron chi connectivity index (χ1n) is 13.1. The summed E-state index contributed by atoms with van der Waals surface area (Å²) in [5.41, 5.74) is -1.12. The Labute approximate surface area is 247 Å². The van der Waals surface area contributed by atoms with Gasteiger partial charge in [0.05, 0.1) is 16.6 Å². The van der Waals surface area contributed by atoms with Crippen LogP contribution < -0.4 is 10.6 Å². The second-order valence-electron chi connectivity index (χ2n) is 11.8. The first-order chi connectivity index (χ1) is 19.1. The third-order valence-electron chi connectivity index (χ3n) is 7.74. The molecule has 1 amide bonds. The lowest BCUT2D eigenvalue weighted by Gasteiger charge is -2.40. The molecule has 5 nitrogen and oxygen atoms in total. The minimum atomic E-state index is -1.40. The van der Waals surface area contributed by atoms with Crippen LogP contribution in [0.4, 0.5) is 13.2 Å². The van der Waals surface area contributed by atoms with Crippen LogP contribution in [0.5, 0.6) is 0 Å². The highest BCUT2D eigenvalue weighted by Crippen LogP contribution is 2.52. The number of aromatic carboxylic acids is 1. The second-order valence-corrected chi connectivity index (χ2v) is 12.7. The van der Waals surface area contributed by atoms with Crippen molar-refractivity contribution in [2.45, 2.75) is 64.1 Å². The van der Waals surface area contributed by atoms with Gasteiger partial charge < -0.3 is 15.7 Å². The monoisotopic (exact) mass is 606 g/mol. The van der Waals surface area contributed by atoms with E-state index in [1.165, 1.54) is 18.2 Å². The number of carbonyl (C=O) groups excluding carboxylic acids is 1. The number of benzene rings is 3. The van der Waals surface area contributed by atoms with Gasteiger partial charge in [-0.2, -0.15) is 0 Å². The maximum absolute atomic E-state index is 15.7. The molecular weight excluding hydrogens is 576 g/mol. The van der Waals surface area contributed by atoms with E-state index in [0.717, 1.165) is 12.1 Å². The minimum Gasteiger partial charge on any atom is -0.478 e. The van der Waals surface area contributed by atoms with Crippen molar-refractivity contribution in [1.82, 2.24) is 10.6 Å². The number of hydrogen-bond donors (Lipinski definition) is 3. The fraction of sp³-hybridized carbons (Fsp3) is 0.355. The molecule has 0 saturated carbocycles. The third-order valence-corrected chi connectivity index (χ3v) is 8.27. The van der Waals surface area contributed by atoms with Gasteiger partial charge in [0, 0.05) is 28.9 Å². The van der Waals surface area contributed by atoms with Gasteiger partial charge in [-0.15, -0.1) is 0 Å². The van der Waals surface area contributed by atoms with Crippen molar-refractivity contribution >= 4 is 35.1 Å². The van der Waals surface area contributed by atoms with Crippen molar-refractivity contribution in [3.8, 4) is 0 Å². The number of halogens is 5. The Hall–Kier alpha value is -3.07. The van der Waals surface area contributed by atoms with Crippen LogP contribution in [0, 0.1) is 22.9 Å². The highest BCUT2D eigenvalue weighted by Gasteiger charge is 2.57. The smallest absolute Gasteiger partial charge is 0.338 e. The number of nitrogens with one attached hydrogen (secondary N) is 2. The third kappa shape index (κ3) is 6.25. The maximum atomic E-state index is 15.7. The van der Waals surface area contributed by atoms with Crippen LogP contribution >= 0.6 is 23.2 Å². The molecule has 4 unspecified atom stereocenters. The number of hydrogen-bond acceptors (Lipinski definition) is 3. The van der Waals surface area contributed by atoms with Crippen LogP contribution in [-0.4, -0.2) is 29.1 Å². The lowest BCUT2D eigenvalue weighted by Crippen LogP contribution is -2.45. The zero-order chi connectivity index (χ0) is 30.3. The minimum absolute atomic E-state index is 0.117. The van der Waals surface area contributed by atoms with E-state index in [-0.39, 0.29) is 33.1 Å². The Balaban J connectivity index is 1.80. The van der Waals surface area contributed by atoms with E-state index < -0.39 is 58.3 Å². The van der Waals surface area contributed by atoms with Gasteiger partial charge in [0.25, 0.3) is 0 Å². The molecule has 3 aromatic rings. The van der Waals surface area contributed by atoms with E-state index in [9.17, 15) is 14.0 Å². The molecule has 1 saturated heterocycles. The van der Waals surface area contributed by atoms with Crippen molar-refractivity contribution < 1.29 is 27.9 Å². The molecule has 4 atom stereocenters. The molecule has 1 aliphatic heterocycles. The Morgan fingerprint density at radius 1 is 1.02 bits per heavy atom. The summed E-state index contributed by atoms with van der Waals surface area (Å²) in [7, 11) is 0. The van der Waals surface area contributed by atoms with Gasteiger partial charge in [-0.3, -0.25) is 4.79 Å². The lowest BCUT2D eigenvalue weighted by molar-refractivity contribution is -0.123. The summed E-state index contributed by atoms with van der Waals surface area (Å²) in [6.45, 7) is 7.75. The van der Waals surface area contributed by atoms with Gasteiger partial charge in [-0.05, 0) is 58.9 Å². The quantitative estimate of drug-likeness (QED) is 0.265. The summed E-state index contributed by atoms with van der Waals surface area (Å²) < 4.78 is 45.6. The van der Waals surface area contributed by atoms with E-state index in [4.69, 9.17) is 28.3 Å². The molecule has 4 rings (SSSR count). The molecule has 3 N–H and O–H groups in total. The van der Waals surface area contributed by atoms with Crippen molar-refractivity contribution in [2.24, 2.45) is 5.41 Å². The van der Waals surface area contributed by atoms with Crippen LogP contribution in [-0.2, 0) is 16.8 Å². The molecule has 3 aromatic carbocycles. The number of carboxylic acids is 1. The number of carboxylic acid groups (broad SMARTS) is 1. The largest absolute Gasteiger partial charge is 0.478 e. The van der Waals surface area contributed by atoms with E-state index >= 15 is 8.78 Å². The number of rotatable bonds is 7. The first-order valence-corrected chi connectivity index (χ1v) is 13.8. The van der Waals surface area contributed by atoms with Crippen molar-refractivity contribution in [3.05, 3.63) is 104 Å². The lowest BCUT2D eigenvalue weighted by atomic mass is 9.63. The standard InChI is InChI=1S/C31H31Cl2F3N2O3/c1-30(2,3)14-24-31(4,20-11-9-17(32)13-23(20)35)25(19-6-5-7-21(33)26(19)36)27(38-24)28(39)37-15-16-8-10-18(29(40)41)22(34)12-16/h5-13,24-25,27,38H,14-15H2,1-4H3,(H,37,39)(H,40,41). The van der Waals surface area contributed by atoms with Crippen molar-refractivity contribution in [2.75, 3.05) is 0 Å². The Morgan fingerprint density at radius 2 is 1.73 bits per heavy atom. The van der Waals surface area contributed by atoms with Crippen LogP contribution in [0.25, 0.3) is 0 Å². The molecular formula is C31H31Cl2F3N2O3. The Morgan fingerprint density at radius 3 is 2.34 bits per heavy atom. The van der Waals surface area contributed by atoms with Gasteiger partial charge in [0.1, 0.15) is 17.5 Å². The van der Waals surface area contributed by atoms with E-state index in [0.29, 0.717) is 12.0 Å². The van der Waals surface area contributed by atoms with Gasteiger partial charge in [-0.25, -0.2) is 18.0 Å². The van der Waals surface area contributed by atoms with Gasteiger partial charge >= 0.3 is 5.97 Å². The molecule has 0 aromatic heterocycles. The van der Waals surface area contributed by atoms with Crippen molar-refractivity contribution in [1.29, 1.82) is 0 Å². The first kappa shape index (κ1) is 30.9. The number of carbonyl (C=O) groups is 2. The molecule has 1 aliphatic rings. The van der Waals surface area contributed by atoms with Crippen molar-refractivity contribution in [3.63, 3.8) is 0 Å². The number of amides is 1. The molecule has 1 heterocycles. The molecule has 0 aliphatic carbocycles. The van der Waals surface area contributed by atoms with Crippen LogP contribution in [0.1, 0.15) is 67.1 Å². The summed E-state index contributed by atoms with van der Waals surface area (Å²) in [6.07, 6.45) is 0.510. The predicted octanol–water partition coefficient (Wildman–Crippen LogP) is 7.24. The fourth-order valence-corrected chi connectivity index (χ4v) is 6.19. The van der Waals surface area contributed by atoms with Crippen LogP contribution in [0.15, 0.2) is 54.6 Å². The average molecular weight is 608 g/mol. The highest BCUT2D eigenvalue weighted by molar-refractivity contribution is 6.31. The fourth-order valence-electron chi connectivity index (χ4n) is 5.85. The molecule has 218 valence electrons.